The standard InChI is InChI=1S/C15H18ClN5O.ClH/c16-13-9-19-20(11-13)6-3-15(22)21-7-5-18-10-14(21)12-2-1-4-17-8-12;/h1-2,4,8-9,11,14,18H,3,5-7,10H2;1H. The molecule has 1 unspecified atom stereocenters. The second-order valence-corrected chi connectivity index (χ2v) is 5.70. The molecule has 23 heavy (non-hydrogen) atoms. The molecule has 0 saturated carbocycles. The number of amides is 1. The van der Waals surface area contributed by atoms with Crippen LogP contribution in [0, 0.1) is 0 Å². The zero-order valence-electron chi connectivity index (χ0n) is 12.6. The molecule has 0 radical (unpaired) electrons. The van der Waals surface area contributed by atoms with Crippen LogP contribution in [0.3, 0.4) is 0 Å². The van der Waals surface area contributed by atoms with E-state index >= 15 is 0 Å². The third kappa shape index (κ3) is 4.43. The van der Waals surface area contributed by atoms with Gasteiger partial charge in [-0.15, -0.1) is 12.4 Å². The summed E-state index contributed by atoms with van der Waals surface area (Å²) in [4.78, 5) is 18.7. The Morgan fingerprint density at radius 3 is 3.00 bits per heavy atom. The molecule has 3 rings (SSSR count). The SMILES string of the molecule is Cl.O=C(CCn1cc(Cl)cn1)N1CCNCC1c1cccnc1. The maximum Gasteiger partial charge on any atom is 0.225 e. The van der Waals surface area contributed by atoms with E-state index < -0.39 is 0 Å². The number of nitrogens with one attached hydrogen (secondary N) is 1. The second kappa shape index (κ2) is 8.29. The Bertz CT molecular complexity index is 634. The first-order chi connectivity index (χ1) is 10.7. The minimum atomic E-state index is 0. The first-order valence-electron chi connectivity index (χ1n) is 7.32. The number of rotatable bonds is 4. The first-order valence-corrected chi connectivity index (χ1v) is 7.70. The molecular weight excluding hydrogens is 337 g/mol. The highest BCUT2D eigenvalue weighted by Gasteiger charge is 2.27. The molecule has 1 fully saturated rings. The molecule has 0 bridgehead atoms. The molecule has 6 nitrogen and oxygen atoms in total. The van der Waals surface area contributed by atoms with Crippen LogP contribution in [0.4, 0.5) is 0 Å². The second-order valence-electron chi connectivity index (χ2n) is 5.27. The van der Waals surface area contributed by atoms with Crippen molar-refractivity contribution in [1.29, 1.82) is 0 Å². The Morgan fingerprint density at radius 1 is 1.43 bits per heavy atom. The highest BCUT2D eigenvalue weighted by atomic mass is 35.5. The molecule has 0 aromatic carbocycles. The number of piperazine rings is 1. The van der Waals surface area contributed by atoms with Crippen LogP contribution in [0.5, 0.6) is 0 Å². The highest BCUT2D eigenvalue weighted by Crippen LogP contribution is 2.22. The molecule has 1 aliphatic heterocycles. The van der Waals surface area contributed by atoms with Crippen molar-refractivity contribution in [1.82, 2.24) is 25.0 Å². The number of hydrogen-bond acceptors (Lipinski definition) is 4. The summed E-state index contributed by atoms with van der Waals surface area (Å²) in [6, 6.07) is 3.95. The van der Waals surface area contributed by atoms with Gasteiger partial charge in [-0.2, -0.15) is 5.10 Å². The van der Waals surface area contributed by atoms with E-state index in [0.29, 0.717) is 24.5 Å². The quantitative estimate of drug-likeness (QED) is 0.909. The summed E-state index contributed by atoms with van der Waals surface area (Å²) in [5.74, 6) is 0.127. The van der Waals surface area contributed by atoms with Crippen molar-refractivity contribution < 1.29 is 4.79 Å². The lowest BCUT2D eigenvalue weighted by Crippen LogP contribution is -2.48. The summed E-state index contributed by atoms with van der Waals surface area (Å²) >= 11 is 5.83. The summed E-state index contributed by atoms with van der Waals surface area (Å²) in [5.41, 5.74) is 1.06. The Balaban J connectivity index is 0.00000192. The number of carbonyl (C=O) groups is 1. The molecule has 1 atom stereocenters. The van der Waals surface area contributed by atoms with Crippen molar-refractivity contribution in [2.45, 2.75) is 19.0 Å². The average Bonchev–Trinajstić information content (AvgIpc) is 2.99. The van der Waals surface area contributed by atoms with Gasteiger partial charge in [0.1, 0.15) is 0 Å². The van der Waals surface area contributed by atoms with Crippen LogP contribution in [-0.2, 0) is 11.3 Å². The number of hydrogen-bond donors (Lipinski definition) is 1. The van der Waals surface area contributed by atoms with Crippen molar-refractivity contribution >= 4 is 29.9 Å². The molecule has 8 heteroatoms. The topological polar surface area (TPSA) is 63.1 Å². The van der Waals surface area contributed by atoms with Crippen molar-refractivity contribution in [2.24, 2.45) is 0 Å². The van der Waals surface area contributed by atoms with Gasteiger partial charge in [-0.1, -0.05) is 17.7 Å². The van der Waals surface area contributed by atoms with Crippen LogP contribution in [-0.4, -0.2) is 45.2 Å². The molecule has 124 valence electrons. The van der Waals surface area contributed by atoms with E-state index in [0.717, 1.165) is 18.7 Å². The van der Waals surface area contributed by atoms with E-state index in [2.05, 4.69) is 15.4 Å². The van der Waals surface area contributed by atoms with Gasteiger partial charge >= 0.3 is 0 Å². The number of aryl methyl sites for hydroxylation is 1. The van der Waals surface area contributed by atoms with Crippen LogP contribution in [0.15, 0.2) is 36.9 Å². The molecule has 0 spiro atoms. The van der Waals surface area contributed by atoms with Gasteiger partial charge in [0.05, 0.1) is 17.3 Å². The summed E-state index contributed by atoms with van der Waals surface area (Å²) in [6.45, 7) is 2.81. The number of nitrogens with zero attached hydrogens (tertiary/aromatic N) is 4. The molecule has 1 aliphatic rings. The molecule has 1 saturated heterocycles. The lowest BCUT2D eigenvalue weighted by Gasteiger charge is -2.36. The van der Waals surface area contributed by atoms with E-state index in [1.165, 1.54) is 0 Å². The van der Waals surface area contributed by atoms with Gasteiger partial charge in [0.15, 0.2) is 0 Å². The van der Waals surface area contributed by atoms with Crippen molar-refractivity contribution in [2.75, 3.05) is 19.6 Å². The van der Waals surface area contributed by atoms with E-state index in [4.69, 9.17) is 11.6 Å². The van der Waals surface area contributed by atoms with Crippen LogP contribution in [0.25, 0.3) is 0 Å². The highest BCUT2D eigenvalue weighted by molar-refractivity contribution is 6.30. The molecular formula is C15H19Cl2N5O. The molecule has 1 N–H and O–H groups in total. The summed E-state index contributed by atoms with van der Waals surface area (Å²) < 4.78 is 1.70. The Kier molecular flexibility index (Phi) is 6.38. The van der Waals surface area contributed by atoms with Gasteiger partial charge in [-0.25, -0.2) is 0 Å². The number of aromatic nitrogens is 3. The summed E-state index contributed by atoms with van der Waals surface area (Å²) in [7, 11) is 0. The number of carbonyl (C=O) groups excluding carboxylic acids is 1. The van der Waals surface area contributed by atoms with E-state index in [1.54, 1.807) is 23.3 Å². The molecule has 0 aliphatic carbocycles. The maximum absolute atomic E-state index is 12.6. The van der Waals surface area contributed by atoms with E-state index in [-0.39, 0.29) is 24.4 Å². The fraction of sp³-hybridized carbons (Fsp3) is 0.400. The van der Waals surface area contributed by atoms with Gasteiger partial charge in [-0.05, 0) is 11.6 Å². The zero-order valence-corrected chi connectivity index (χ0v) is 14.1. The molecule has 2 aromatic heterocycles. The number of halogens is 2. The summed E-state index contributed by atoms with van der Waals surface area (Å²) in [6.07, 6.45) is 7.29. The monoisotopic (exact) mass is 355 g/mol. The van der Waals surface area contributed by atoms with Gasteiger partial charge in [0.2, 0.25) is 5.91 Å². The lowest BCUT2D eigenvalue weighted by atomic mass is 10.0. The smallest absolute Gasteiger partial charge is 0.225 e. The van der Waals surface area contributed by atoms with Crippen LogP contribution >= 0.6 is 24.0 Å². The van der Waals surface area contributed by atoms with E-state index in [9.17, 15) is 4.79 Å². The van der Waals surface area contributed by atoms with Gasteiger partial charge in [-0.3, -0.25) is 14.5 Å². The van der Waals surface area contributed by atoms with Crippen LogP contribution in [0.2, 0.25) is 5.02 Å². The molecule has 2 aromatic rings. The largest absolute Gasteiger partial charge is 0.333 e. The third-order valence-electron chi connectivity index (χ3n) is 3.79. The fourth-order valence-corrected chi connectivity index (χ4v) is 2.84. The van der Waals surface area contributed by atoms with Crippen LogP contribution < -0.4 is 5.32 Å². The van der Waals surface area contributed by atoms with E-state index in [1.807, 2.05) is 23.2 Å². The average molecular weight is 356 g/mol. The zero-order chi connectivity index (χ0) is 15.4. The fourth-order valence-electron chi connectivity index (χ4n) is 2.69. The predicted molar refractivity (Wildman–Crippen MR) is 90.7 cm³/mol. The maximum atomic E-state index is 12.6. The van der Waals surface area contributed by atoms with Gasteiger partial charge in [0, 0.05) is 51.2 Å². The minimum Gasteiger partial charge on any atom is -0.333 e. The minimum absolute atomic E-state index is 0. The first kappa shape index (κ1) is 17.7. The number of pyridine rings is 1. The third-order valence-corrected chi connectivity index (χ3v) is 3.98. The van der Waals surface area contributed by atoms with Gasteiger partial charge < -0.3 is 10.2 Å². The molecule has 3 heterocycles. The summed E-state index contributed by atoms with van der Waals surface area (Å²) in [5, 5.41) is 8.03. The van der Waals surface area contributed by atoms with Crippen molar-refractivity contribution in [3.8, 4) is 0 Å². The van der Waals surface area contributed by atoms with Crippen molar-refractivity contribution in [3.05, 3.63) is 47.5 Å². The lowest BCUT2D eigenvalue weighted by molar-refractivity contribution is -0.134. The Morgan fingerprint density at radius 2 is 2.30 bits per heavy atom. The normalized spacial score (nSPS) is 17.6. The Labute approximate surface area is 146 Å². The van der Waals surface area contributed by atoms with Crippen molar-refractivity contribution in [3.63, 3.8) is 0 Å². The predicted octanol–water partition coefficient (Wildman–Crippen LogP) is 1.92. The Hall–Kier alpha value is -1.63. The molecule has 1 amide bonds. The van der Waals surface area contributed by atoms with Gasteiger partial charge in [0.25, 0.3) is 0 Å². The van der Waals surface area contributed by atoms with Crippen LogP contribution in [0.1, 0.15) is 18.0 Å².